The maximum atomic E-state index is 5.75. The Morgan fingerprint density at radius 3 is 2.36 bits per heavy atom. The quantitative estimate of drug-likeness (QED) is 0.635. The van der Waals surface area contributed by atoms with Crippen molar-refractivity contribution in [1.82, 2.24) is 4.90 Å². The monoisotopic (exact) mass is 198 g/mol. The van der Waals surface area contributed by atoms with E-state index in [1.807, 2.05) is 0 Å². The molecule has 0 heterocycles. The topological polar surface area (TPSA) is 29.3 Å². The zero-order chi connectivity index (χ0) is 11.1. The summed E-state index contributed by atoms with van der Waals surface area (Å²) in [7, 11) is 2.14. The summed E-state index contributed by atoms with van der Waals surface area (Å²) in [4.78, 5) is 2.31. The summed E-state index contributed by atoms with van der Waals surface area (Å²) >= 11 is 0. The molecule has 0 rings (SSSR count). The lowest BCUT2D eigenvalue weighted by molar-refractivity contribution is 0.271. The zero-order valence-corrected chi connectivity index (χ0v) is 10.2. The first kappa shape index (κ1) is 13.7. The first-order valence-electron chi connectivity index (χ1n) is 5.48. The van der Waals surface area contributed by atoms with E-state index in [-0.39, 0.29) is 0 Å². The van der Waals surface area contributed by atoms with Crippen LogP contribution < -0.4 is 5.73 Å². The third-order valence-electron chi connectivity index (χ3n) is 2.25. The van der Waals surface area contributed by atoms with Gasteiger partial charge in [-0.15, -0.1) is 0 Å². The van der Waals surface area contributed by atoms with E-state index >= 15 is 0 Å². The lowest BCUT2D eigenvalue weighted by atomic mass is 9.97. The lowest BCUT2D eigenvalue weighted by Gasteiger charge is -2.24. The Bertz CT molecular complexity index is 164. The molecule has 84 valence electrons. The molecule has 1 atom stereocenters. The molecule has 1 unspecified atom stereocenters. The molecule has 2 heteroatoms. The zero-order valence-electron chi connectivity index (χ0n) is 10.2. The van der Waals surface area contributed by atoms with E-state index in [1.54, 1.807) is 0 Å². The Morgan fingerprint density at radius 2 is 2.00 bits per heavy atom. The molecular formula is C12H26N2. The number of likely N-dealkylation sites (N-methyl/N-ethyl adjacent to an activating group) is 1. The van der Waals surface area contributed by atoms with Gasteiger partial charge in [-0.1, -0.05) is 26.0 Å². The second-order valence-corrected chi connectivity index (χ2v) is 4.89. The summed E-state index contributed by atoms with van der Waals surface area (Å²) in [6.07, 6.45) is 1.22. The average Bonchev–Trinajstić information content (AvgIpc) is 2.00. The van der Waals surface area contributed by atoms with Gasteiger partial charge in [0, 0.05) is 13.1 Å². The fourth-order valence-corrected chi connectivity index (χ4v) is 1.88. The molecule has 14 heavy (non-hydrogen) atoms. The molecule has 0 radical (unpaired) electrons. The molecule has 0 fully saturated rings. The van der Waals surface area contributed by atoms with Gasteiger partial charge in [-0.05, 0) is 38.8 Å². The summed E-state index contributed by atoms with van der Waals surface area (Å²) < 4.78 is 0. The number of nitrogens with two attached hydrogens (primary N) is 1. The summed E-state index contributed by atoms with van der Waals surface area (Å²) in [6, 6.07) is 0. The number of hydrogen-bond acceptors (Lipinski definition) is 2. The van der Waals surface area contributed by atoms with Gasteiger partial charge in [0.05, 0.1) is 0 Å². The van der Waals surface area contributed by atoms with Crippen molar-refractivity contribution in [2.45, 2.75) is 27.2 Å². The van der Waals surface area contributed by atoms with Crippen LogP contribution in [0.15, 0.2) is 12.2 Å². The molecule has 0 aliphatic carbocycles. The smallest absolute Gasteiger partial charge is 0.0184 e. The van der Waals surface area contributed by atoms with Crippen LogP contribution in [-0.4, -0.2) is 31.6 Å². The molecule has 0 aliphatic rings. The Labute approximate surface area is 89.2 Å². The molecular weight excluding hydrogens is 172 g/mol. The fourth-order valence-electron chi connectivity index (χ4n) is 1.88. The number of nitrogens with zero attached hydrogens (tertiary/aromatic N) is 1. The van der Waals surface area contributed by atoms with Gasteiger partial charge in [-0.2, -0.15) is 0 Å². The highest BCUT2D eigenvalue weighted by molar-refractivity contribution is 4.91. The first-order chi connectivity index (χ1) is 6.45. The molecule has 0 spiro atoms. The highest BCUT2D eigenvalue weighted by Gasteiger charge is 2.11. The molecule has 0 aromatic heterocycles. The van der Waals surface area contributed by atoms with E-state index < -0.39 is 0 Å². The van der Waals surface area contributed by atoms with Gasteiger partial charge >= 0.3 is 0 Å². The van der Waals surface area contributed by atoms with E-state index in [1.165, 1.54) is 12.0 Å². The van der Waals surface area contributed by atoms with Crippen LogP contribution in [0.5, 0.6) is 0 Å². The normalized spacial score (nSPS) is 13.6. The lowest BCUT2D eigenvalue weighted by Crippen LogP contribution is -2.31. The third kappa shape index (κ3) is 7.10. The van der Waals surface area contributed by atoms with E-state index in [4.69, 9.17) is 5.73 Å². The summed E-state index contributed by atoms with van der Waals surface area (Å²) in [5.74, 6) is 1.36. The van der Waals surface area contributed by atoms with Crippen LogP contribution in [0.2, 0.25) is 0 Å². The van der Waals surface area contributed by atoms with Gasteiger partial charge in [0.1, 0.15) is 0 Å². The number of rotatable bonds is 7. The Balaban J connectivity index is 3.85. The fraction of sp³-hybridized carbons (Fsp3) is 0.833. The predicted molar refractivity (Wildman–Crippen MR) is 64.3 cm³/mol. The second kappa shape index (κ2) is 7.02. The molecule has 0 amide bonds. The molecule has 0 aromatic rings. The Kier molecular flexibility index (Phi) is 6.85. The minimum atomic E-state index is 0.624. The standard InChI is InChI=1S/C12H26N2/c1-10(2)6-12(7-13)9-14(5)8-11(3)4/h10,12H,3,6-9,13H2,1-2,4-5H3. The van der Waals surface area contributed by atoms with Crippen LogP contribution in [0.3, 0.4) is 0 Å². The van der Waals surface area contributed by atoms with Crippen molar-refractivity contribution in [2.24, 2.45) is 17.6 Å². The molecule has 0 aromatic carbocycles. The van der Waals surface area contributed by atoms with E-state index in [0.29, 0.717) is 5.92 Å². The first-order valence-corrected chi connectivity index (χ1v) is 5.48. The van der Waals surface area contributed by atoms with Crippen molar-refractivity contribution >= 4 is 0 Å². The van der Waals surface area contributed by atoms with Crippen LogP contribution in [0.25, 0.3) is 0 Å². The minimum Gasteiger partial charge on any atom is -0.330 e. The van der Waals surface area contributed by atoms with Gasteiger partial charge < -0.3 is 10.6 Å². The highest BCUT2D eigenvalue weighted by Crippen LogP contribution is 2.11. The van der Waals surface area contributed by atoms with Gasteiger partial charge in [-0.3, -0.25) is 0 Å². The van der Waals surface area contributed by atoms with E-state index in [0.717, 1.165) is 25.6 Å². The van der Waals surface area contributed by atoms with Gasteiger partial charge in [-0.25, -0.2) is 0 Å². The van der Waals surface area contributed by atoms with Crippen LogP contribution in [-0.2, 0) is 0 Å². The van der Waals surface area contributed by atoms with Crippen LogP contribution in [0.1, 0.15) is 27.2 Å². The average molecular weight is 198 g/mol. The van der Waals surface area contributed by atoms with Gasteiger partial charge in [0.2, 0.25) is 0 Å². The molecule has 2 nitrogen and oxygen atoms in total. The number of hydrogen-bond donors (Lipinski definition) is 1. The SMILES string of the molecule is C=C(C)CN(C)CC(CN)CC(C)C. The second-order valence-electron chi connectivity index (χ2n) is 4.89. The van der Waals surface area contributed by atoms with Crippen molar-refractivity contribution in [3.63, 3.8) is 0 Å². The summed E-state index contributed by atoms with van der Waals surface area (Å²) in [5.41, 5.74) is 6.97. The van der Waals surface area contributed by atoms with Crippen molar-refractivity contribution in [3.05, 3.63) is 12.2 Å². The largest absolute Gasteiger partial charge is 0.330 e. The molecule has 0 aliphatic heterocycles. The molecule has 0 saturated carbocycles. The van der Waals surface area contributed by atoms with Gasteiger partial charge in [0.25, 0.3) is 0 Å². The van der Waals surface area contributed by atoms with Crippen molar-refractivity contribution < 1.29 is 0 Å². The minimum absolute atomic E-state index is 0.624. The highest BCUT2D eigenvalue weighted by atomic mass is 15.1. The maximum absolute atomic E-state index is 5.75. The van der Waals surface area contributed by atoms with Crippen LogP contribution in [0.4, 0.5) is 0 Å². The van der Waals surface area contributed by atoms with E-state index in [9.17, 15) is 0 Å². The predicted octanol–water partition coefficient (Wildman–Crippen LogP) is 2.12. The van der Waals surface area contributed by atoms with Gasteiger partial charge in [0.15, 0.2) is 0 Å². The summed E-state index contributed by atoms with van der Waals surface area (Å²) in [5, 5.41) is 0. The summed E-state index contributed by atoms with van der Waals surface area (Å²) in [6.45, 7) is 13.3. The molecule has 2 N–H and O–H groups in total. The van der Waals surface area contributed by atoms with Crippen LogP contribution >= 0.6 is 0 Å². The Hall–Kier alpha value is -0.340. The Morgan fingerprint density at radius 1 is 1.43 bits per heavy atom. The maximum Gasteiger partial charge on any atom is 0.0184 e. The molecule has 0 bridgehead atoms. The van der Waals surface area contributed by atoms with Crippen molar-refractivity contribution in [2.75, 3.05) is 26.7 Å². The van der Waals surface area contributed by atoms with Crippen molar-refractivity contribution in [1.29, 1.82) is 0 Å². The van der Waals surface area contributed by atoms with Crippen LogP contribution in [0, 0.1) is 11.8 Å². The molecule has 0 saturated heterocycles. The van der Waals surface area contributed by atoms with Crippen molar-refractivity contribution in [3.8, 4) is 0 Å². The van der Waals surface area contributed by atoms with E-state index in [2.05, 4.69) is 39.3 Å². The third-order valence-corrected chi connectivity index (χ3v) is 2.25.